The summed E-state index contributed by atoms with van der Waals surface area (Å²) in [5, 5.41) is 7.59. The molecule has 0 amide bonds. The third-order valence-electron chi connectivity index (χ3n) is 3.95. The third-order valence-corrected chi connectivity index (χ3v) is 5.39. The van der Waals surface area contributed by atoms with E-state index in [0.29, 0.717) is 13.1 Å². The Balaban J connectivity index is 1.76. The summed E-state index contributed by atoms with van der Waals surface area (Å²) in [6, 6.07) is 9.68. The minimum atomic E-state index is -3.55. The van der Waals surface area contributed by atoms with Crippen molar-refractivity contribution in [3.05, 3.63) is 47.7 Å². The second-order valence-electron chi connectivity index (χ2n) is 5.29. The van der Waals surface area contributed by atoms with Crippen LogP contribution in [0.3, 0.4) is 0 Å². The van der Waals surface area contributed by atoms with E-state index in [0.717, 1.165) is 13.0 Å². The van der Waals surface area contributed by atoms with Gasteiger partial charge in [-0.15, -0.1) is 0 Å². The first-order chi connectivity index (χ1) is 10.6. The van der Waals surface area contributed by atoms with Crippen molar-refractivity contribution in [2.24, 2.45) is 0 Å². The van der Waals surface area contributed by atoms with Gasteiger partial charge in [0.25, 0.3) is 10.0 Å². The van der Waals surface area contributed by atoms with Crippen LogP contribution in [0.2, 0.25) is 0 Å². The maximum atomic E-state index is 12.4. The standard InChI is InChI=1S/C15H20N4O2S/c1-2-19-15(8-10-17-19)22(20,21)18-11-14-13-6-4-3-5-12(13)7-9-16-14/h3-6,8,10,14,16,18H,2,7,9,11H2,1H3. The average molecular weight is 320 g/mol. The number of aryl methyl sites for hydroxylation is 1. The van der Waals surface area contributed by atoms with Crippen LogP contribution in [0.25, 0.3) is 0 Å². The van der Waals surface area contributed by atoms with E-state index in [2.05, 4.69) is 27.3 Å². The van der Waals surface area contributed by atoms with Crippen LogP contribution < -0.4 is 10.0 Å². The molecular formula is C15H20N4O2S. The van der Waals surface area contributed by atoms with Gasteiger partial charge < -0.3 is 5.32 Å². The molecule has 0 saturated heterocycles. The largest absolute Gasteiger partial charge is 0.308 e. The smallest absolute Gasteiger partial charge is 0.257 e. The Morgan fingerprint density at radius 3 is 3.00 bits per heavy atom. The molecule has 0 bridgehead atoms. The van der Waals surface area contributed by atoms with E-state index in [-0.39, 0.29) is 11.1 Å². The molecule has 1 aromatic heterocycles. The maximum Gasteiger partial charge on any atom is 0.257 e. The van der Waals surface area contributed by atoms with Gasteiger partial charge in [-0.05, 0) is 37.1 Å². The highest BCUT2D eigenvalue weighted by Crippen LogP contribution is 2.22. The summed E-state index contributed by atoms with van der Waals surface area (Å²) in [5.41, 5.74) is 2.45. The lowest BCUT2D eigenvalue weighted by atomic mass is 9.95. The molecule has 1 aromatic carbocycles. The summed E-state index contributed by atoms with van der Waals surface area (Å²) in [7, 11) is -3.55. The van der Waals surface area contributed by atoms with Crippen molar-refractivity contribution in [1.29, 1.82) is 0 Å². The van der Waals surface area contributed by atoms with E-state index in [1.807, 2.05) is 19.1 Å². The molecule has 2 aromatic rings. The summed E-state index contributed by atoms with van der Waals surface area (Å²) in [4.78, 5) is 0. The monoisotopic (exact) mass is 320 g/mol. The molecule has 118 valence electrons. The summed E-state index contributed by atoms with van der Waals surface area (Å²) in [6.07, 6.45) is 2.48. The van der Waals surface area contributed by atoms with E-state index < -0.39 is 10.0 Å². The molecule has 0 radical (unpaired) electrons. The highest BCUT2D eigenvalue weighted by molar-refractivity contribution is 7.89. The van der Waals surface area contributed by atoms with E-state index >= 15 is 0 Å². The topological polar surface area (TPSA) is 76.0 Å². The maximum absolute atomic E-state index is 12.4. The summed E-state index contributed by atoms with van der Waals surface area (Å²) in [5.74, 6) is 0. The van der Waals surface area contributed by atoms with Crippen molar-refractivity contribution in [2.45, 2.75) is 31.0 Å². The predicted molar refractivity (Wildman–Crippen MR) is 84.0 cm³/mol. The Labute approximate surface area is 130 Å². The molecule has 0 aliphatic carbocycles. The van der Waals surface area contributed by atoms with Crippen LogP contribution in [-0.2, 0) is 23.0 Å². The fourth-order valence-corrected chi connectivity index (χ4v) is 4.06. The Morgan fingerprint density at radius 2 is 2.18 bits per heavy atom. The van der Waals surface area contributed by atoms with Crippen molar-refractivity contribution >= 4 is 10.0 Å². The van der Waals surface area contributed by atoms with Crippen LogP contribution in [0, 0.1) is 0 Å². The Hall–Kier alpha value is -1.70. The Morgan fingerprint density at radius 1 is 1.36 bits per heavy atom. The van der Waals surface area contributed by atoms with E-state index in [1.165, 1.54) is 28.1 Å². The van der Waals surface area contributed by atoms with Crippen LogP contribution in [-0.4, -0.2) is 31.3 Å². The number of benzene rings is 1. The summed E-state index contributed by atoms with van der Waals surface area (Å²) >= 11 is 0. The second-order valence-corrected chi connectivity index (χ2v) is 7.01. The number of nitrogens with zero attached hydrogens (tertiary/aromatic N) is 2. The first-order valence-electron chi connectivity index (χ1n) is 7.44. The van der Waals surface area contributed by atoms with Gasteiger partial charge in [0, 0.05) is 19.1 Å². The first kappa shape index (κ1) is 15.2. The van der Waals surface area contributed by atoms with Crippen LogP contribution >= 0.6 is 0 Å². The van der Waals surface area contributed by atoms with Crippen molar-refractivity contribution in [3.8, 4) is 0 Å². The van der Waals surface area contributed by atoms with Crippen molar-refractivity contribution in [3.63, 3.8) is 0 Å². The van der Waals surface area contributed by atoms with E-state index in [1.54, 1.807) is 0 Å². The van der Waals surface area contributed by atoms with E-state index in [9.17, 15) is 8.42 Å². The average Bonchev–Trinajstić information content (AvgIpc) is 3.02. The minimum absolute atomic E-state index is 0.00211. The number of hydrogen-bond donors (Lipinski definition) is 2. The lowest BCUT2D eigenvalue weighted by Crippen LogP contribution is -2.39. The molecule has 1 unspecified atom stereocenters. The molecule has 6 nitrogen and oxygen atoms in total. The zero-order valence-electron chi connectivity index (χ0n) is 12.5. The molecule has 1 atom stereocenters. The molecule has 22 heavy (non-hydrogen) atoms. The molecule has 1 aliphatic heterocycles. The predicted octanol–water partition coefficient (Wildman–Crippen LogP) is 1.07. The van der Waals surface area contributed by atoms with Gasteiger partial charge in [0.1, 0.15) is 0 Å². The van der Waals surface area contributed by atoms with Gasteiger partial charge in [-0.25, -0.2) is 13.1 Å². The molecule has 0 spiro atoms. The van der Waals surface area contributed by atoms with E-state index in [4.69, 9.17) is 0 Å². The van der Waals surface area contributed by atoms with Gasteiger partial charge >= 0.3 is 0 Å². The summed E-state index contributed by atoms with van der Waals surface area (Å²) < 4.78 is 29.0. The fraction of sp³-hybridized carbons (Fsp3) is 0.400. The molecule has 2 heterocycles. The zero-order chi connectivity index (χ0) is 15.6. The number of sulfonamides is 1. The van der Waals surface area contributed by atoms with Crippen LogP contribution in [0.5, 0.6) is 0 Å². The highest BCUT2D eigenvalue weighted by atomic mass is 32.2. The van der Waals surface area contributed by atoms with Crippen molar-refractivity contribution in [2.75, 3.05) is 13.1 Å². The van der Waals surface area contributed by atoms with Gasteiger partial charge in [-0.3, -0.25) is 4.68 Å². The van der Waals surface area contributed by atoms with Crippen LogP contribution in [0.15, 0.2) is 41.6 Å². The quantitative estimate of drug-likeness (QED) is 0.864. The van der Waals surface area contributed by atoms with Crippen LogP contribution in [0.4, 0.5) is 0 Å². The Bertz CT molecular complexity index is 754. The lowest BCUT2D eigenvalue weighted by molar-refractivity contribution is 0.487. The molecular weight excluding hydrogens is 300 g/mol. The molecule has 1 aliphatic rings. The number of fused-ring (bicyclic) bond motifs is 1. The first-order valence-corrected chi connectivity index (χ1v) is 8.93. The lowest BCUT2D eigenvalue weighted by Gasteiger charge is -2.27. The SMILES string of the molecule is CCn1nccc1S(=O)(=O)NCC1NCCc2ccccc21. The molecule has 0 fully saturated rings. The number of aromatic nitrogens is 2. The van der Waals surface area contributed by atoms with Gasteiger partial charge in [-0.2, -0.15) is 5.10 Å². The normalized spacial score (nSPS) is 18.1. The van der Waals surface area contributed by atoms with Crippen LogP contribution in [0.1, 0.15) is 24.1 Å². The summed E-state index contributed by atoms with van der Waals surface area (Å²) in [6.45, 7) is 3.57. The molecule has 7 heteroatoms. The number of rotatable bonds is 5. The highest BCUT2D eigenvalue weighted by Gasteiger charge is 2.23. The molecule has 2 N–H and O–H groups in total. The Kier molecular flexibility index (Phi) is 4.28. The minimum Gasteiger partial charge on any atom is -0.308 e. The third kappa shape index (κ3) is 2.92. The van der Waals surface area contributed by atoms with Gasteiger partial charge in [0.2, 0.25) is 0 Å². The number of nitrogens with one attached hydrogen (secondary N) is 2. The van der Waals surface area contributed by atoms with Gasteiger partial charge in [0.15, 0.2) is 5.03 Å². The molecule has 0 saturated carbocycles. The second kappa shape index (κ2) is 6.20. The van der Waals surface area contributed by atoms with Gasteiger partial charge in [-0.1, -0.05) is 24.3 Å². The van der Waals surface area contributed by atoms with Crippen molar-refractivity contribution in [1.82, 2.24) is 19.8 Å². The molecule has 3 rings (SSSR count). The van der Waals surface area contributed by atoms with Crippen molar-refractivity contribution < 1.29 is 8.42 Å². The number of hydrogen-bond acceptors (Lipinski definition) is 4. The van der Waals surface area contributed by atoms with Gasteiger partial charge in [0.05, 0.1) is 6.20 Å². The fourth-order valence-electron chi connectivity index (χ4n) is 2.83. The zero-order valence-corrected chi connectivity index (χ0v) is 13.3.